The van der Waals surface area contributed by atoms with Crippen LogP contribution in [0.5, 0.6) is 0 Å². The highest BCUT2D eigenvalue weighted by Gasteiger charge is 2.37. The largest absolute Gasteiger partial charge is 0.393 e. The molecule has 0 amide bonds. The second-order valence-electron chi connectivity index (χ2n) is 6.56. The molecule has 0 unspecified atom stereocenters. The van der Waals surface area contributed by atoms with E-state index >= 15 is 0 Å². The van der Waals surface area contributed by atoms with Crippen molar-refractivity contribution in [3.63, 3.8) is 0 Å². The lowest BCUT2D eigenvalue weighted by atomic mass is 9.76. The summed E-state index contributed by atoms with van der Waals surface area (Å²) in [5, 5.41) is 19.5. The monoisotopic (exact) mass is 275 g/mol. The molecule has 0 aliphatic heterocycles. The zero-order valence-electron chi connectivity index (χ0n) is 13.0. The normalized spacial score (nSPS) is 29.2. The Morgan fingerprint density at radius 3 is 2.65 bits per heavy atom. The van der Waals surface area contributed by atoms with Gasteiger partial charge in [0.25, 0.3) is 0 Å². The van der Waals surface area contributed by atoms with Crippen molar-refractivity contribution in [2.24, 2.45) is 17.3 Å². The van der Waals surface area contributed by atoms with Gasteiger partial charge in [-0.2, -0.15) is 5.26 Å². The maximum atomic E-state index is 10.1. The quantitative estimate of drug-likeness (QED) is 0.519. The van der Waals surface area contributed by atoms with Crippen LogP contribution in [0.1, 0.15) is 58.8 Å². The van der Waals surface area contributed by atoms with E-state index < -0.39 is 0 Å². The molecule has 1 saturated carbocycles. The number of unbranched alkanes of at least 4 members (excludes halogenated alkanes) is 2. The molecule has 1 aliphatic rings. The molecule has 1 N–H and O–H groups in total. The number of nitriles is 1. The van der Waals surface area contributed by atoms with Gasteiger partial charge in [-0.1, -0.05) is 25.2 Å². The van der Waals surface area contributed by atoms with Gasteiger partial charge in [-0.05, 0) is 63.7 Å². The molecule has 1 fully saturated rings. The predicted molar refractivity (Wildman–Crippen MR) is 84.0 cm³/mol. The van der Waals surface area contributed by atoms with E-state index in [0.29, 0.717) is 5.92 Å². The minimum atomic E-state index is -0.348. The van der Waals surface area contributed by atoms with Crippen molar-refractivity contribution in [2.45, 2.75) is 64.9 Å². The summed E-state index contributed by atoms with van der Waals surface area (Å²) < 4.78 is 0. The summed E-state index contributed by atoms with van der Waals surface area (Å²) in [5.41, 5.74) is -0.348. The van der Waals surface area contributed by atoms with Gasteiger partial charge in [-0.15, -0.1) is 6.58 Å². The Morgan fingerprint density at radius 2 is 2.10 bits per heavy atom. The standard InChI is InChI=1S/C18H29NO/c1-4-5-6-7-8-9-12-18(3,14-19)13-16-15(2)10-11-17(16)20/h4,8-9,15-17,20H,1,5-7,10-13H2,2-3H3/b9-8+/t15-,16-,17+,18-/m1/s1. The fourth-order valence-corrected chi connectivity index (χ4v) is 3.11. The molecule has 0 bridgehead atoms. The van der Waals surface area contributed by atoms with Crippen molar-refractivity contribution in [3.8, 4) is 6.07 Å². The third-order valence-electron chi connectivity index (χ3n) is 4.61. The zero-order valence-corrected chi connectivity index (χ0v) is 13.0. The highest BCUT2D eigenvalue weighted by molar-refractivity contribution is 5.04. The Bertz CT molecular complexity index is 358. The van der Waals surface area contributed by atoms with E-state index in [1.807, 2.05) is 13.0 Å². The smallest absolute Gasteiger partial charge is 0.0690 e. The summed E-state index contributed by atoms with van der Waals surface area (Å²) >= 11 is 0. The van der Waals surface area contributed by atoms with Crippen LogP contribution in [0.2, 0.25) is 0 Å². The highest BCUT2D eigenvalue weighted by atomic mass is 16.3. The molecule has 4 atom stereocenters. The van der Waals surface area contributed by atoms with E-state index in [2.05, 4.69) is 31.7 Å². The summed E-state index contributed by atoms with van der Waals surface area (Å²) in [6, 6.07) is 2.47. The van der Waals surface area contributed by atoms with Gasteiger partial charge < -0.3 is 5.11 Å². The Morgan fingerprint density at radius 1 is 1.35 bits per heavy atom. The fraction of sp³-hybridized carbons (Fsp3) is 0.722. The average Bonchev–Trinajstić information content (AvgIpc) is 2.74. The van der Waals surface area contributed by atoms with Gasteiger partial charge in [0.1, 0.15) is 0 Å². The van der Waals surface area contributed by atoms with Crippen LogP contribution in [-0.2, 0) is 0 Å². The van der Waals surface area contributed by atoms with Gasteiger partial charge >= 0.3 is 0 Å². The Kier molecular flexibility index (Phi) is 7.02. The molecule has 0 radical (unpaired) electrons. The molecule has 2 heteroatoms. The minimum Gasteiger partial charge on any atom is -0.393 e. The van der Waals surface area contributed by atoms with Crippen LogP contribution in [0.25, 0.3) is 0 Å². The van der Waals surface area contributed by atoms with Crippen molar-refractivity contribution in [3.05, 3.63) is 24.8 Å². The lowest BCUT2D eigenvalue weighted by Gasteiger charge is -2.28. The van der Waals surface area contributed by atoms with E-state index in [4.69, 9.17) is 0 Å². The summed E-state index contributed by atoms with van der Waals surface area (Å²) in [4.78, 5) is 0. The number of hydrogen-bond donors (Lipinski definition) is 1. The fourth-order valence-electron chi connectivity index (χ4n) is 3.11. The van der Waals surface area contributed by atoms with E-state index in [0.717, 1.165) is 44.9 Å². The second-order valence-corrected chi connectivity index (χ2v) is 6.56. The molecule has 1 rings (SSSR count). The summed E-state index contributed by atoms with van der Waals surface area (Å²) in [6.07, 6.45) is 12.8. The van der Waals surface area contributed by atoms with Crippen LogP contribution >= 0.6 is 0 Å². The summed E-state index contributed by atoms with van der Waals surface area (Å²) in [6.45, 7) is 7.94. The molecule has 1 aliphatic carbocycles. The molecule has 0 heterocycles. The van der Waals surface area contributed by atoms with Crippen LogP contribution in [0, 0.1) is 28.6 Å². The molecule has 20 heavy (non-hydrogen) atoms. The number of aliphatic hydroxyl groups is 1. The maximum absolute atomic E-state index is 10.1. The molecular formula is C18H29NO. The zero-order chi connectivity index (χ0) is 15.0. The number of aliphatic hydroxyl groups excluding tert-OH is 1. The molecule has 0 aromatic rings. The lowest BCUT2D eigenvalue weighted by molar-refractivity contribution is 0.0950. The molecule has 0 aromatic heterocycles. The van der Waals surface area contributed by atoms with Gasteiger partial charge in [0, 0.05) is 0 Å². The predicted octanol–water partition coefficient (Wildman–Crippen LogP) is 4.62. The van der Waals surface area contributed by atoms with E-state index in [9.17, 15) is 10.4 Å². The first-order valence-corrected chi connectivity index (χ1v) is 7.87. The maximum Gasteiger partial charge on any atom is 0.0690 e. The van der Waals surface area contributed by atoms with Crippen LogP contribution < -0.4 is 0 Å². The third-order valence-corrected chi connectivity index (χ3v) is 4.61. The summed E-state index contributed by atoms with van der Waals surface area (Å²) in [5.74, 6) is 0.822. The van der Waals surface area contributed by atoms with E-state index in [1.165, 1.54) is 0 Å². The molecule has 0 spiro atoms. The van der Waals surface area contributed by atoms with Crippen LogP contribution in [0.15, 0.2) is 24.8 Å². The topological polar surface area (TPSA) is 44.0 Å². The van der Waals surface area contributed by atoms with Crippen LogP contribution in [0.4, 0.5) is 0 Å². The molecule has 2 nitrogen and oxygen atoms in total. The Balaban J connectivity index is 2.46. The SMILES string of the molecule is C=CCCC/C=C/C[C@@](C)(C#N)C[C@@H]1[C@H](C)CC[C@@H]1O. The van der Waals surface area contributed by atoms with Crippen molar-refractivity contribution in [1.82, 2.24) is 0 Å². The number of rotatable bonds is 8. The Labute approximate surface area is 124 Å². The molecular weight excluding hydrogens is 246 g/mol. The highest BCUT2D eigenvalue weighted by Crippen LogP contribution is 2.41. The van der Waals surface area contributed by atoms with Crippen molar-refractivity contribution in [2.75, 3.05) is 0 Å². The lowest BCUT2D eigenvalue weighted by Crippen LogP contribution is -2.26. The summed E-state index contributed by atoms with van der Waals surface area (Å²) in [7, 11) is 0. The van der Waals surface area contributed by atoms with Crippen LogP contribution in [0.3, 0.4) is 0 Å². The third kappa shape index (κ3) is 5.13. The first kappa shape index (κ1) is 17.0. The molecule has 0 saturated heterocycles. The number of allylic oxidation sites excluding steroid dienone is 3. The van der Waals surface area contributed by atoms with Crippen molar-refractivity contribution < 1.29 is 5.11 Å². The second kappa shape index (κ2) is 8.27. The van der Waals surface area contributed by atoms with Gasteiger partial charge in [0.15, 0.2) is 0 Å². The molecule has 112 valence electrons. The first-order valence-electron chi connectivity index (χ1n) is 7.87. The van der Waals surface area contributed by atoms with Gasteiger partial charge in [0.2, 0.25) is 0 Å². The number of hydrogen-bond acceptors (Lipinski definition) is 2. The van der Waals surface area contributed by atoms with E-state index in [1.54, 1.807) is 0 Å². The van der Waals surface area contributed by atoms with E-state index in [-0.39, 0.29) is 17.4 Å². The van der Waals surface area contributed by atoms with Gasteiger partial charge in [-0.25, -0.2) is 0 Å². The Hall–Kier alpha value is -1.07. The van der Waals surface area contributed by atoms with Crippen molar-refractivity contribution in [1.29, 1.82) is 5.26 Å². The first-order chi connectivity index (χ1) is 9.52. The number of nitrogens with zero attached hydrogens (tertiary/aromatic N) is 1. The van der Waals surface area contributed by atoms with Crippen LogP contribution in [-0.4, -0.2) is 11.2 Å². The van der Waals surface area contributed by atoms with Crippen molar-refractivity contribution >= 4 is 0 Å². The average molecular weight is 275 g/mol. The molecule has 0 aromatic carbocycles. The minimum absolute atomic E-state index is 0.214. The van der Waals surface area contributed by atoms with Gasteiger partial charge in [-0.3, -0.25) is 0 Å². The van der Waals surface area contributed by atoms with Gasteiger partial charge in [0.05, 0.1) is 17.6 Å².